The van der Waals surface area contributed by atoms with Crippen LogP contribution in [0, 0.1) is 0 Å². The Morgan fingerprint density at radius 3 is 2.91 bits per heavy atom. The summed E-state index contributed by atoms with van der Waals surface area (Å²) in [5.74, 6) is 0.543. The molecule has 2 N–H and O–H groups in total. The van der Waals surface area contributed by atoms with Crippen molar-refractivity contribution in [1.82, 2.24) is 23.8 Å². The van der Waals surface area contributed by atoms with Crippen LogP contribution in [0.5, 0.6) is 0 Å². The average Bonchev–Trinajstić information content (AvgIpc) is 3.43. The van der Waals surface area contributed by atoms with Crippen LogP contribution in [-0.4, -0.2) is 63.7 Å². The van der Waals surface area contributed by atoms with Crippen LogP contribution < -0.4 is 5.32 Å². The molecule has 0 aromatic carbocycles. The van der Waals surface area contributed by atoms with E-state index in [4.69, 9.17) is 4.74 Å². The Balaban J connectivity index is 1.58. The first-order valence-electron chi connectivity index (χ1n) is 10.3. The molecule has 0 spiro atoms. The maximum atomic E-state index is 13.1. The second-order valence-corrected chi connectivity index (χ2v) is 10.6. The zero-order valence-electron chi connectivity index (χ0n) is 17.9. The fourth-order valence-electron chi connectivity index (χ4n) is 3.54. The summed E-state index contributed by atoms with van der Waals surface area (Å²) in [6.45, 7) is 1.91. The van der Waals surface area contributed by atoms with Crippen molar-refractivity contribution in [1.29, 1.82) is 0 Å². The molecule has 0 saturated carbocycles. The Labute approximate surface area is 191 Å². The highest BCUT2D eigenvalue weighted by Gasteiger charge is 2.44. The number of aromatic nitrogens is 4. The predicted molar refractivity (Wildman–Crippen MR) is 120 cm³/mol. The Bertz CT molecular complexity index is 1180. The lowest BCUT2D eigenvalue weighted by Crippen LogP contribution is -2.54. The molecule has 172 valence electrons. The number of hydrogen-bond donors (Lipinski definition) is 2. The summed E-state index contributed by atoms with van der Waals surface area (Å²) in [5, 5.41) is 14.1. The molecule has 0 aliphatic carbocycles. The lowest BCUT2D eigenvalue weighted by molar-refractivity contribution is -0.124. The summed E-state index contributed by atoms with van der Waals surface area (Å²) in [7, 11) is -2.13. The van der Waals surface area contributed by atoms with Crippen LogP contribution in [0.25, 0.3) is 0 Å². The van der Waals surface area contributed by atoms with E-state index in [1.165, 1.54) is 21.7 Å². The monoisotopic (exact) mass is 478 g/mol. The molecule has 12 heteroatoms. The summed E-state index contributed by atoms with van der Waals surface area (Å²) in [6, 6.07) is 5.31. The zero-order valence-corrected chi connectivity index (χ0v) is 19.6. The molecule has 10 nitrogen and oxygen atoms in total. The van der Waals surface area contributed by atoms with Gasteiger partial charge in [-0.2, -0.15) is 4.31 Å². The van der Waals surface area contributed by atoms with E-state index in [2.05, 4.69) is 27.2 Å². The van der Waals surface area contributed by atoms with Crippen LogP contribution in [0.3, 0.4) is 0 Å². The minimum atomic E-state index is -3.83. The van der Waals surface area contributed by atoms with Crippen molar-refractivity contribution in [3.05, 3.63) is 47.5 Å². The van der Waals surface area contributed by atoms with E-state index in [1.807, 2.05) is 6.20 Å². The van der Waals surface area contributed by atoms with Crippen LogP contribution >= 0.6 is 11.3 Å². The molecule has 1 aliphatic rings. The molecule has 1 atom stereocenters. The largest absolute Gasteiger partial charge is 0.393 e. The van der Waals surface area contributed by atoms with Crippen LogP contribution in [0.15, 0.2) is 41.9 Å². The molecule has 0 unspecified atom stereocenters. The van der Waals surface area contributed by atoms with Gasteiger partial charge in [0.1, 0.15) is 11.4 Å². The van der Waals surface area contributed by atoms with Crippen LogP contribution in [-0.2, 0) is 33.8 Å². The Morgan fingerprint density at radius 1 is 1.34 bits per heavy atom. The summed E-state index contributed by atoms with van der Waals surface area (Å²) < 4.78 is 34.9. The van der Waals surface area contributed by atoms with Crippen molar-refractivity contribution in [3.8, 4) is 0 Å². The highest BCUT2D eigenvalue weighted by Crippen LogP contribution is 2.32. The number of ether oxygens (including phenoxy) is 1. The Hall–Kier alpha value is -2.38. The van der Waals surface area contributed by atoms with Crippen LogP contribution in [0.4, 0.5) is 10.9 Å². The van der Waals surface area contributed by atoms with Crippen molar-refractivity contribution in [2.24, 2.45) is 7.05 Å². The minimum absolute atomic E-state index is 0.0382. The van der Waals surface area contributed by atoms with Gasteiger partial charge in [-0.15, -0.1) is 11.3 Å². The van der Waals surface area contributed by atoms with Gasteiger partial charge in [0, 0.05) is 30.9 Å². The molecule has 0 amide bonds. The number of sulfonamides is 1. The van der Waals surface area contributed by atoms with E-state index >= 15 is 0 Å². The number of hydrogen-bond acceptors (Lipinski definition) is 9. The Morgan fingerprint density at radius 2 is 2.19 bits per heavy atom. The highest BCUT2D eigenvalue weighted by molar-refractivity contribution is 7.89. The van der Waals surface area contributed by atoms with Gasteiger partial charge in [-0.1, -0.05) is 19.4 Å². The minimum Gasteiger partial charge on any atom is -0.393 e. The summed E-state index contributed by atoms with van der Waals surface area (Å²) in [6.07, 6.45) is 6.75. The molecule has 4 rings (SSSR count). The molecule has 32 heavy (non-hydrogen) atoms. The molecule has 1 fully saturated rings. The molecule has 1 saturated heterocycles. The molecule has 3 aromatic rings. The molecular formula is C20H26N6O4S2. The second-order valence-electron chi connectivity index (χ2n) is 7.63. The summed E-state index contributed by atoms with van der Waals surface area (Å²) in [5.41, 5.74) is -0.843. The number of anilines is 2. The zero-order chi connectivity index (χ0) is 22.8. The first-order valence-corrected chi connectivity index (χ1v) is 12.5. The van der Waals surface area contributed by atoms with Gasteiger partial charge in [0.25, 0.3) is 10.0 Å². The molecule has 0 radical (unpaired) electrons. The third-order valence-corrected chi connectivity index (χ3v) is 7.90. The van der Waals surface area contributed by atoms with Gasteiger partial charge in [-0.25, -0.2) is 23.4 Å². The van der Waals surface area contributed by atoms with Gasteiger partial charge in [-0.05, 0) is 18.6 Å². The van der Waals surface area contributed by atoms with E-state index in [9.17, 15) is 13.5 Å². The van der Waals surface area contributed by atoms with Crippen molar-refractivity contribution in [2.75, 3.05) is 31.6 Å². The average molecular weight is 479 g/mol. The van der Waals surface area contributed by atoms with E-state index < -0.39 is 22.2 Å². The number of aryl methyl sites for hydroxylation is 2. The molecule has 3 aromatic heterocycles. The van der Waals surface area contributed by atoms with Crippen molar-refractivity contribution < 1.29 is 18.3 Å². The van der Waals surface area contributed by atoms with Gasteiger partial charge in [0.15, 0.2) is 10.2 Å². The molecule has 1 aliphatic heterocycles. The quantitative estimate of drug-likeness (QED) is 0.503. The number of morpholine rings is 1. The van der Waals surface area contributed by atoms with E-state index in [-0.39, 0.29) is 24.7 Å². The molecular weight excluding hydrogens is 452 g/mol. The lowest BCUT2D eigenvalue weighted by atomic mass is 9.98. The highest BCUT2D eigenvalue weighted by atomic mass is 32.2. The van der Waals surface area contributed by atoms with Gasteiger partial charge in [0.05, 0.1) is 31.8 Å². The number of aliphatic hydroxyl groups excluding tert-OH is 1. The van der Waals surface area contributed by atoms with Crippen molar-refractivity contribution in [2.45, 2.75) is 30.4 Å². The standard InChI is InChI=1S/C20H26N6O4S2/c1-3-5-15-10-21-19(31-15)24-17-7-4-6-16(23-17)20(13-27)12-26(8-9-30-20)32(28,29)18-11-25(2)14-22-18/h4,6-7,10-11,14,27H,3,5,8-9,12-13H2,1-2H3,(H,21,23,24)/t20-/m1/s1. The topological polar surface area (TPSA) is 122 Å². The number of aliphatic hydroxyl groups is 1. The van der Waals surface area contributed by atoms with Gasteiger partial charge in [-0.3, -0.25) is 0 Å². The maximum absolute atomic E-state index is 13.1. The molecule has 0 bridgehead atoms. The number of nitrogens with one attached hydrogen (secondary N) is 1. The number of nitrogens with zero attached hydrogens (tertiary/aromatic N) is 5. The number of thiazole rings is 1. The third kappa shape index (κ3) is 4.55. The SMILES string of the molecule is CCCc1cnc(Nc2cccc([C@]3(CO)CN(S(=O)(=O)c4cn(C)cn4)CCO3)n2)s1. The maximum Gasteiger partial charge on any atom is 0.262 e. The van der Waals surface area contributed by atoms with Gasteiger partial charge < -0.3 is 19.7 Å². The van der Waals surface area contributed by atoms with Crippen molar-refractivity contribution in [3.63, 3.8) is 0 Å². The first kappa shape index (κ1) is 22.8. The van der Waals surface area contributed by atoms with Gasteiger partial charge >= 0.3 is 0 Å². The van der Waals surface area contributed by atoms with Crippen LogP contribution in [0.2, 0.25) is 0 Å². The fourth-order valence-corrected chi connectivity index (χ4v) is 5.90. The smallest absolute Gasteiger partial charge is 0.262 e. The molecule has 4 heterocycles. The summed E-state index contributed by atoms with van der Waals surface area (Å²) >= 11 is 1.56. The number of pyridine rings is 1. The Kier molecular flexibility index (Phi) is 6.58. The lowest BCUT2D eigenvalue weighted by Gasteiger charge is -2.40. The fraction of sp³-hybridized carbons (Fsp3) is 0.450. The first-order chi connectivity index (χ1) is 15.4. The predicted octanol–water partition coefficient (Wildman–Crippen LogP) is 1.88. The normalized spacial score (nSPS) is 19.8. The van der Waals surface area contributed by atoms with E-state index in [0.29, 0.717) is 11.5 Å². The second kappa shape index (κ2) is 9.24. The third-order valence-electron chi connectivity index (χ3n) is 5.19. The van der Waals surface area contributed by atoms with Gasteiger partial charge in [0.2, 0.25) is 0 Å². The number of imidazole rings is 1. The summed E-state index contributed by atoms with van der Waals surface area (Å²) in [4.78, 5) is 14.2. The van der Waals surface area contributed by atoms with Crippen molar-refractivity contribution >= 4 is 32.3 Å². The van der Waals surface area contributed by atoms with Crippen LogP contribution in [0.1, 0.15) is 23.9 Å². The number of rotatable bonds is 8. The van der Waals surface area contributed by atoms with E-state index in [1.54, 1.807) is 41.2 Å². The van der Waals surface area contributed by atoms with E-state index in [0.717, 1.165) is 18.0 Å².